The van der Waals surface area contributed by atoms with E-state index < -0.39 is 24.3 Å². The van der Waals surface area contributed by atoms with E-state index in [0.29, 0.717) is 55.2 Å². The van der Waals surface area contributed by atoms with Gasteiger partial charge in [-0.25, -0.2) is 4.39 Å². The summed E-state index contributed by atoms with van der Waals surface area (Å²) >= 11 is 6.21. The molecule has 2 aromatic rings. The second-order valence-corrected chi connectivity index (χ2v) is 10.1. The molecule has 2 heterocycles. The minimum Gasteiger partial charge on any atom is -0.367 e. The molecule has 0 spiro atoms. The fourth-order valence-electron chi connectivity index (χ4n) is 4.75. The van der Waals surface area contributed by atoms with Gasteiger partial charge >= 0.3 is 6.18 Å². The minimum absolute atomic E-state index is 0.0423. The van der Waals surface area contributed by atoms with Crippen molar-refractivity contribution in [1.82, 2.24) is 15.1 Å². The summed E-state index contributed by atoms with van der Waals surface area (Å²) in [6, 6.07) is 10.0. The molecule has 0 aliphatic carbocycles. The van der Waals surface area contributed by atoms with Crippen molar-refractivity contribution < 1.29 is 22.4 Å². The van der Waals surface area contributed by atoms with Crippen molar-refractivity contribution in [3.8, 4) is 0 Å². The van der Waals surface area contributed by atoms with Crippen molar-refractivity contribution in [2.24, 2.45) is 0 Å². The van der Waals surface area contributed by atoms with Crippen LogP contribution in [0.25, 0.3) is 0 Å². The standard InChI is InChI=1S/C26H32ClF4N5O/c1-18-16-32-7-9-36(18)17-19-2-4-21(22(28)14-19)25(37)33-23-5-3-20(27)15-24(23)35-12-10-34(11-13-35)8-6-26(29,30)31/h2-5,14-15,18,32H,6-13,16-17H2,1H3,(H,33,37)/t18-/m1/s1. The Balaban J connectivity index is 1.41. The molecule has 0 unspecified atom stereocenters. The Hall–Kier alpha value is -2.40. The van der Waals surface area contributed by atoms with E-state index in [1.54, 1.807) is 29.2 Å². The maximum atomic E-state index is 15.0. The Kier molecular flexibility index (Phi) is 8.94. The SMILES string of the molecule is C[C@@H]1CNCCN1Cc1ccc(C(=O)Nc2ccc(Cl)cc2N2CCN(CCC(F)(F)F)CC2)c(F)c1. The normalized spacial score (nSPS) is 19.7. The van der Waals surface area contributed by atoms with Gasteiger partial charge in [-0.05, 0) is 42.8 Å². The van der Waals surface area contributed by atoms with E-state index in [1.165, 1.54) is 12.1 Å². The summed E-state index contributed by atoms with van der Waals surface area (Å²) in [7, 11) is 0. The number of carbonyl (C=O) groups excluding carboxylic acids is 1. The number of nitrogens with zero attached hydrogens (tertiary/aromatic N) is 3. The number of alkyl halides is 3. The van der Waals surface area contributed by atoms with E-state index in [-0.39, 0.29) is 12.1 Å². The summed E-state index contributed by atoms with van der Waals surface area (Å²) in [5.41, 5.74) is 1.87. The predicted octanol–water partition coefficient (Wildman–Crippen LogP) is 4.60. The molecule has 0 bridgehead atoms. The zero-order chi connectivity index (χ0) is 26.6. The van der Waals surface area contributed by atoms with Crippen LogP contribution >= 0.6 is 11.6 Å². The Labute approximate surface area is 219 Å². The first-order valence-electron chi connectivity index (χ1n) is 12.5. The summed E-state index contributed by atoms with van der Waals surface area (Å²) < 4.78 is 52.6. The third kappa shape index (κ3) is 7.56. The number of carbonyl (C=O) groups is 1. The van der Waals surface area contributed by atoms with E-state index in [2.05, 4.69) is 22.5 Å². The highest BCUT2D eigenvalue weighted by molar-refractivity contribution is 6.31. The predicted molar refractivity (Wildman–Crippen MR) is 138 cm³/mol. The van der Waals surface area contributed by atoms with Crippen LogP contribution in [0.15, 0.2) is 36.4 Å². The summed E-state index contributed by atoms with van der Waals surface area (Å²) in [4.78, 5) is 19.0. The van der Waals surface area contributed by atoms with E-state index in [4.69, 9.17) is 11.6 Å². The molecule has 4 rings (SSSR count). The van der Waals surface area contributed by atoms with Crippen molar-refractivity contribution in [2.75, 3.05) is 62.6 Å². The van der Waals surface area contributed by atoms with Crippen LogP contribution in [0.2, 0.25) is 5.02 Å². The summed E-state index contributed by atoms with van der Waals surface area (Å²) in [6.45, 7) is 7.21. The van der Waals surface area contributed by atoms with Gasteiger partial charge in [-0.2, -0.15) is 13.2 Å². The lowest BCUT2D eigenvalue weighted by molar-refractivity contribution is -0.138. The highest BCUT2D eigenvalue weighted by Gasteiger charge is 2.29. The van der Waals surface area contributed by atoms with Gasteiger partial charge in [-0.3, -0.25) is 14.6 Å². The minimum atomic E-state index is -4.18. The molecule has 202 valence electrons. The van der Waals surface area contributed by atoms with E-state index in [0.717, 1.165) is 25.2 Å². The average Bonchev–Trinajstić information content (AvgIpc) is 2.85. The molecule has 0 aromatic heterocycles. The summed E-state index contributed by atoms with van der Waals surface area (Å²) in [5.74, 6) is -1.17. The number of amides is 1. The number of halogens is 5. The number of anilines is 2. The van der Waals surface area contributed by atoms with Crippen LogP contribution in [0.4, 0.5) is 28.9 Å². The molecule has 0 radical (unpaired) electrons. The van der Waals surface area contributed by atoms with Crippen molar-refractivity contribution in [3.63, 3.8) is 0 Å². The fraction of sp³-hybridized carbons (Fsp3) is 0.500. The first-order valence-corrected chi connectivity index (χ1v) is 12.8. The number of benzene rings is 2. The van der Waals surface area contributed by atoms with Gasteiger partial charge in [0.15, 0.2) is 0 Å². The topological polar surface area (TPSA) is 50.9 Å². The molecule has 2 aromatic carbocycles. The highest BCUT2D eigenvalue weighted by Crippen LogP contribution is 2.31. The third-order valence-corrected chi connectivity index (χ3v) is 7.17. The second-order valence-electron chi connectivity index (χ2n) is 9.65. The van der Waals surface area contributed by atoms with E-state index in [1.807, 2.05) is 4.90 Å². The van der Waals surface area contributed by atoms with Crippen LogP contribution < -0.4 is 15.5 Å². The molecule has 2 aliphatic heterocycles. The van der Waals surface area contributed by atoms with Crippen LogP contribution in [-0.2, 0) is 6.54 Å². The summed E-state index contributed by atoms with van der Waals surface area (Å²) in [5, 5.41) is 6.59. The Morgan fingerprint density at radius 2 is 1.86 bits per heavy atom. The second kappa shape index (κ2) is 12.0. The van der Waals surface area contributed by atoms with Gasteiger partial charge in [0.2, 0.25) is 0 Å². The van der Waals surface area contributed by atoms with Gasteiger partial charge in [0.05, 0.1) is 23.4 Å². The van der Waals surface area contributed by atoms with E-state index in [9.17, 15) is 22.4 Å². The Morgan fingerprint density at radius 1 is 1.11 bits per heavy atom. The van der Waals surface area contributed by atoms with Crippen molar-refractivity contribution in [3.05, 3.63) is 58.4 Å². The van der Waals surface area contributed by atoms with Gasteiger partial charge in [-0.15, -0.1) is 0 Å². The number of hydrogen-bond acceptors (Lipinski definition) is 5. The maximum Gasteiger partial charge on any atom is 0.390 e. The number of hydrogen-bond donors (Lipinski definition) is 2. The fourth-order valence-corrected chi connectivity index (χ4v) is 4.92. The van der Waals surface area contributed by atoms with Crippen LogP contribution in [0, 0.1) is 5.82 Å². The first kappa shape index (κ1) is 27.6. The van der Waals surface area contributed by atoms with Crippen LogP contribution in [0.3, 0.4) is 0 Å². The highest BCUT2D eigenvalue weighted by atomic mass is 35.5. The lowest BCUT2D eigenvalue weighted by Gasteiger charge is -2.37. The molecule has 6 nitrogen and oxygen atoms in total. The van der Waals surface area contributed by atoms with Crippen molar-refractivity contribution in [1.29, 1.82) is 0 Å². The zero-order valence-corrected chi connectivity index (χ0v) is 21.5. The summed E-state index contributed by atoms with van der Waals surface area (Å²) in [6.07, 6.45) is -5.03. The lowest BCUT2D eigenvalue weighted by Crippen LogP contribution is -2.49. The zero-order valence-electron chi connectivity index (χ0n) is 20.8. The van der Waals surface area contributed by atoms with Gasteiger partial charge in [0.25, 0.3) is 5.91 Å². The quantitative estimate of drug-likeness (QED) is 0.502. The molecule has 0 saturated carbocycles. The van der Waals surface area contributed by atoms with Crippen molar-refractivity contribution in [2.45, 2.75) is 32.1 Å². The number of rotatable bonds is 7. The van der Waals surface area contributed by atoms with Gasteiger partial charge in [-0.1, -0.05) is 17.7 Å². The number of nitrogens with one attached hydrogen (secondary N) is 2. The molecular formula is C26H32ClF4N5O. The molecule has 2 saturated heterocycles. The van der Waals surface area contributed by atoms with Crippen LogP contribution in [-0.4, -0.2) is 80.3 Å². The molecule has 2 aliphatic rings. The largest absolute Gasteiger partial charge is 0.390 e. The monoisotopic (exact) mass is 541 g/mol. The molecule has 37 heavy (non-hydrogen) atoms. The maximum absolute atomic E-state index is 15.0. The molecule has 1 atom stereocenters. The molecule has 11 heteroatoms. The molecular weight excluding hydrogens is 510 g/mol. The van der Waals surface area contributed by atoms with Crippen LogP contribution in [0.1, 0.15) is 29.3 Å². The van der Waals surface area contributed by atoms with Crippen molar-refractivity contribution >= 4 is 28.9 Å². The lowest BCUT2D eigenvalue weighted by atomic mass is 10.1. The molecule has 2 fully saturated rings. The van der Waals surface area contributed by atoms with Gasteiger partial charge < -0.3 is 15.5 Å². The smallest absolute Gasteiger partial charge is 0.367 e. The first-order chi connectivity index (χ1) is 17.6. The van der Waals surface area contributed by atoms with E-state index >= 15 is 0 Å². The van der Waals surface area contributed by atoms with Gasteiger partial charge in [0.1, 0.15) is 5.82 Å². The van der Waals surface area contributed by atoms with Crippen LogP contribution in [0.5, 0.6) is 0 Å². The Morgan fingerprint density at radius 3 is 2.54 bits per heavy atom. The molecule has 1 amide bonds. The average molecular weight is 542 g/mol. The third-order valence-electron chi connectivity index (χ3n) is 6.94. The molecule has 2 N–H and O–H groups in total. The number of piperazine rings is 2. The van der Waals surface area contributed by atoms with Gasteiger partial charge in [0, 0.05) is 70.0 Å². The Bertz CT molecular complexity index is 1090.